The van der Waals surface area contributed by atoms with Crippen LogP contribution in [0.2, 0.25) is 0 Å². The molecule has 1 aromatic rings. The number of esters is 1. The topological polar surface area (TPSA) is 125 Å². The van der Waals surface area contributed by atoms with Gasteiger partial charge >= 0.3 is 5.97 Å². The monoisotopic (exact) mass is 587 g/mol. The third kappa shape index (κ3) is 13.7. The minimum Gasteiger partial charge on any atom is -0.508 e. The van der Waals surface area contributed by atoms with Crippen LogP contribution in [-0.4, -0.2) is 66.0 Å². The molecule has 0 unspecified atom stereocenters. The highest BCUT2D eigenvalue weighted by molar-refractivity contribution is 5.92. The average molecular weight is 588 g/mol. The molecule has 3 amide bonds. The molecule has 9 nitrogen and oxygen atoms in total. The van der Waals surface area contributed by atoms with E-state index in [9.17, 15) is 24.3 Å². The summed E-state index contributed by atoms with van der Waals surface area (Å²) in [4.78, 5) is 52.1. The van der Waals surface area contributed by atoms with Crippen LogP contribution in [0.15, 0.2) is 24.3 Å². The Morgan fingerprint density at radius 3 is 2.05 bits per heavy atom. The lowest BCUT2D eigenvalue weighted by Crippen LogP contribution is -2.50. The van der Waals surface area contributed by atoms with Crippen LogP contribution >= 0.6 is 0 Å². The van der Waals surface area contributed by atoms with Gasteiger partial charge in [0.05, 0.1) is 13.7 Å². The van der Waals surface area contributed by atoms with E-state index in [1.165, 1.54) is 83.5 Å². The number of carbonyl (C=O) groups excluding carboxylic acids is 4. The van der Waals surface area contributed by atoms with Gasteiger partial charge in [-0.15, -0.1) is 0 Å². The van der Waals surface area contributed by atoms with E-state index in [0.29, 0.717) is 19.4 Å². The molecule has 1 heterocycles. The fourth-order valence-corrected chi connectivity index (χ4v) is 5.51. The zero-order valence-corrected chi connectivity index (χ0v) is 25.8. The number of carbonyl (C=O) groups is 4. The van der Waals surface area contributed by atoms with E-state index in [1.807, 2.05) is 0 Å². The van der Waals surface area contributed by atoms with Gasteiger partial charge in [-0.1, -0.05) is 96.1 Å². The van der Waals surface area contributed by atoms with Crippen molar-refractivity contribution >= 4 is 23.7 Å². The van der Waals surface area contributed by atoms with Crippen molar-refractivity contribution in [3.63, 3.8) is 0 Å². The molecule has 9 heteroatoms. The number of likely N-dealkylation sites (tertiary alicyclic amines) is 1. The number of ether oxygens (including phenoxy) is 1. The molecule has 0 aliphatic carbocycles. The van der Waals surface area contributed by atoms with Gasteiger partial charge in [-0.3, -0.25) is 14.4 Å². The van der Waals surface area contributed by atoms with E-state index in [0.717, 1.165) is 31.2 Å². The van der Waals surface area contributed by atoms with Gasteiger partial charge in [0, 0.05) is 19.4 Å². The summed E-state index contributed by atoms with van der Waals surface area (Å²) in [5.41, 5.74) is 0.733. The van der Waals surface area contributed by atoms with Crippen LogP contribution in [0.25, 0.3) is 0 Å². The second kappa shape index (κ2) is 20.7. The number of phenols is 1. The molecule has 0 saturated carbocycles. The Balaban J connectivity index is 1.63. The first-order valence-corrected chi connectivity index (χ1v) is 16.1. The lowest BCUT2D eigenvalue weighted by atomic mass is 10.0. The molecule has 42 heavy (non-hydrogen) atoms. The molecule has 0 spiro atoms. The smallest absolute Gasteiger partial charge is 0.328 e. The lowest BCUT2D eigenvalue weighted by molar-refractivity contribution is -0.145. The Morgan fingerprint density at radius 1 is 0.905 bits per heavy atom. The molecule has 2 atom stereocenters. The Hall–Kier alpha value is -3.10. The molecule has 1 aromatic carbocycles. The molecule has 0 bridgehead atoms. The van der Waals surface area contributed by atoms with Gasteiger partial charge < -0.3 is 25.4 Å². The van der Waals surface area contributed by atoms with Gasteiger partial charge in [-0.2, -0.15) is 0 Å². The summed E-state index contributed by atoms with van der Waals surface area (Å²) in [6.07, 6.45) is 18.2. The standard InChI is InChI=1S/C33H53N3O6/c1-3-4-5-6-7-8-9-10-11-12-13-14-15-18-31(39)36-23-16-17-29(36)32(40)34-25-30(38)35-28(33(41)42-2)24-26-19-21-27(37)22-20-26/h19-22,28-29,37H,3-18,23-25H2,1-2H3,(H,34,40)(H,35,38)/t28-,29-/m0/s1. The van der Waals surface area contributed by atoms with E-state index >= 15 is 0 Å². The van der Waals surface area contributed by atoms with Crippen LogP contribution in [-0.2, 0) is 30.3 Å². The number of amides is 3. The highest BCUT2D eigenvalue weighted by Crippen LogP contribution is 2.20. The number of hydrogen-bond acceptors (Lipinski definition) is 6. The maximum absolute atomic E-state index is 12.9. The third-order valence-electron chi connectivity index (χ3n) is 7.99. The highest BCUT2D eigenvalue weighted by atomic mass is 16.5. The van der Waals surface area contributed by atoms with Crippen LogP contribution in [0.3, 0.4) is 0 Å². The second-order valence-electron chi connectivity index (χ2n) is 11.5. The number of hydrogen-bond donors (Lipinski definition) is 3. The summed E-state index contributed by atoms with van der Waals surface area (Å²) in [6.45, 7) is 2.50. The molecular formula is C33H53N3O6. The van der Waals surface area contributed by atoms with Gasteiger partial charge in [0.25, 0.3) is 0 Å². The van der Waals surface area contributed by atoms with Crippen molar-refractivity contribution in [1.29, 1.82) is 0 Å². The maximum Gasteiger partial charge on any atom is 0.328 e. The first-order chi connectivity index (χ1) is 20.3. The number of methoxy groups -OCH3 is 1. The molecule has 3 N–H and O–H groups in total. The fourth-order valence-electron chi connectivity index (χ4n) is 5.51. The van der Waals surface area contributed by atoms with Crippen LogP contribution in [0.4, 0.5) is 0 Å². The molecule has 1 aliphatic heterocycles. The van der Waals surface area contributed by atoms with Gasteiger partial charge in [0.2, 0.25) is 17.7 Å². The minimum atomic E-state index is -0.936. The molecule has 1 aliphatic rings. The van der Waals surface area contributed by atoms with Gasteiger partial charge in [-0.05, 0) is 37.0 Å². The van der Waals surface area contributed by atoms with E-state index in [1.54, 1.807) is 17.0 Å². The largest absolute Gasteiger partial charge is 0.508 e. The number of nitrogens with one attached hydrogen (secondary N) is 2. The summed E-state index contributed by atoms with van der Waals surface area (Å²) in [7, 11) is 1.24. The molecule has 1 fully saturated rings. The normalized spacial score (nSPS) is 15.3. The molecule has 1 saturated heterocycles. The van der Waals surface area contributed by atoms with Crippen LogP contribution < -0.4 is 10.6 Å². The molecule has 0 radical (unpaired) electrons. The zero-order chi connectivity index (χ0) is 30.6. The molecular weight excluding hydrogens is 534 g/mol. The Bertz CT molecular complexity index is 952. The van der Waals surface area contributed by atoms with Crippen LogP contribution in [0, 0.1) is 0 Å². The predicted octanol–water partition coefficient (Wildman–Crippen LogP) is 5.18. The van der Waals surface area contributed by atoms with Crippen molar-refractivity contribution in [1.82, 2.24) is 15.5 Å². The van der Waals surface area contributed by atoms with Crippen molar-refractivity contribution in [3.8, 4) is 5.75 Å². The quantitative estimate of drug-likeness (QED) is 0.134. The number of nitrogens with zero attached hydrogens (tertiary/aromatic N) is 1. The van der Waals surface area contributed by atoms with Gasteiger partial charge in [0.1, 0.15) is 17.8 Å². The number of unbranched alkanes of at least 4 members (excludes halogenated alkanes) is 12. The number of rotatable bonds is 21. The zero-order valence-electron chi connectivity index (χ0n) is 25.8. The SMILES string of the molecule is CCCCCCCCCCCCCCCC(=O)N1CCC[C@H]1C(=O)NCC(=O)N[C@@H](Cc1ccc(O)cc1)C(=O)OC. The summed E-state index contributed by atoms with van der Waals surface area (Å²) >= 11 is 0. The summed E-state index contributed by atoms with van der Waals surface area (Å²) in [5, 5.41) is 14.7. The predicted molar refractivity (Wildman–Crippen MR) is 164 cm³/mol. The summed E-state index contributed by atoms with van der Waals surface area (Å²) in [5.74, 6) is -1.39. The van der Waals surface area contributed by atoms with E-state index in [4.69, 9.17) is 4.74 Å². The van der Waals surface area contributed by atoms with Crippen molar-refractivity contribution in [2.45, 2.75) is 128 Å². The minimum absolute atomic E-state index is 0.000160. The van der Waals surface area contributed by atoms with E-state index in [-0.39, 0.29) is 30.5 Å². The number of aromatic hydroxyl groups is 1. The van der Waals surface area contributed by atoms with Crippen molar-refractivity contribution in [2.24, 2.45) is 0 Å². The first kappa shape index (κ1) is 35.1. The first-order valence-electron chi connectivity index (χ1n) is 16.1. The Kier molecular flexibility index (Phi) is 17.3. The van der Waals surface area contributed by atoms with Crippen LogP contribution in [0.1, 0.15) is 115 Å². The summed E-state index contributed by atoms with van der Waals surface area (Å²) in [6, 6.07) is 4.80. The number of phenolic OH excluding ortho intramolecular Hbond substituents is 1. The van der Waals surface area contributed by atoms with E-state index in [2.05, 4.69) is 17.6 Å². The van der Waals surface area contributed by atoms with Crippen molar-refractivity contribution in [3.05, 3.63) is 29.8 Å². The fraction of sp³-hybridized carbons (Fsp3) is 0.697. The van der Waals surface area contributed by atoms with Crippen molar-refractivity contribution < 1.29 is 29.0 Å². The molecule has 2 rings (SSSR count). The van der Waals surface area contributed by atoms with E-state index < -0.39 is 24.0 Å². The second-order valence-corrected chi connectivity index (χ2v) is 11.5. The summed E-state index contributed by atoms with van der Waals surface area (Å²) < 4.78 is 4.81. The lowest BCUT2D eigenvalue weighted by Gasteiger charge is -2.24. The van der Waals surface area contributed by atoms with Crippen LogP contribution in [0.5, 0.6) is 5.75 Å². The Morgan fingerprint density at radius 2 is 1.48 bits per heavy atom. The number of benzene rings is 1. The van der Waals surface area contributed by atoms with Gasteiger partial charge in [-0.25, -0.2) is 4.79 Å². The van der Waals surface area contributed by atoms with Gasteiger partial charge in [0.15, 0.2) is 0 Å². The third-order valence-corrected chi connectivity index (χ3v) is 7.99. The van der Waals surface area contributed by atoms with Crippen molar-refractivity contribution in [2.75, 3.05) is 20.2 Å². The maximum atomic E-state index is 12.9. The average Bonchev–Trinajstić information content (AvgIpc) is 3.49. The Labute approximate surface area is 252 Å². The highest BCUT2D eigenvalue weighted by Gasteiger charge is 2.34. The molecule has 0 aromatic heterocycles. The molecule has 236 valence electrons.